The van der Waals surface area contributed by atoms with Crippen molar-refractivity contribution in [3.63, 3.8) is 0 Å². The second kappa shape index (κ2) is 5.59. The quantitative estimate of drug-likeness (QED) is 0.666. The van der Waals surface area contributed by atoms with E-state index in [-0.39, 0.29) is 0 Å². The van der Waals surface area contributed by atoms with Gasteiger partial charge in [-0.05, 0) is 25.0 Å². The van der Waals surface area contributed by atoms with Crippen LogP contribution in [0.3, 0.4) is 0 Å². The second-order valence-corrected chi connectivity index (χ2v) is 5.77. The number of carbonyl (C=O) groups is 1. The summed E-state index contributed by atoms with van der Waals surface area (Å²) in [6.45, 7) is 2.92. The fourth-order valence-corrected chi connectivity index (χ4v) is 3.30. The second-order valence-electron chi connectivity index (χ2n) is 4.82. The molecule has 0 saturated carbocycles. The lowest BCUT2D eigenvalue weighted by molar-refractivity contribution is 0.112. The Balaban J connectivity index is 1.92. The Morgan fingerprint density at radius 1 is 1.35 bits per heavy atom. The van der Waals surface area contributed by atoms with Gasteiger partial charge in [0.2, 0.25) is 0 Å². The summed E-state index contributed by atoms with van der Waals surface area (Å²) in [5, 5.41) is 4.33. The summed E-state index contributed by atoms with van der Waals surface area (Å²) in [6, 6.07) is 7.81. The van der Waals surface area contributed by atoms with E-state index in [1.807, 2.05) is 30.5 Å². The van der Waals surface area contributed by atoms with Crippen molar-refractivity contribution in [1.29, 1.82) is 0 Å². The Morgan fingerprint density at radius 3 is 3.05 bits per heavy atom. The first kappa shape index (κ1) is 13.1. The molecule has 0 aliphatic carbocycles. The maximum absolute atomic E-state index is 11.0. The van der Waals surface area contributed by atoms with Crippen molar-refractivity contribution in [2.75, 3.05) is 0 Å². The van der Waals surface area contributed by atoms with Crippen molar-refractivity contribution in [2.24, 2.45) is 0 Å². The van der Waals surface area contributed by atoms with E-state index in [0.717, 1.165) is 47.8 Å². The van der Waals surface area contributed by atoms with Crippen molar-refractivity contribution in [3.8, 4) is 0 Å². The zero-order valence-corrected chi connectivity index (χ0v) is 12.2. The number of aldehydes is 1. The predicted molar refractivity (Wildman–Crippen MR) is 82.5 cm³/mol. The third-order valence-electron chi connectivity index (χ3n) is 3.37. The normalized spacial score (nSPS) is 11.1. The third-order valence-corrected chi connectivity index (χ3v) is 4.33. The van der Waals surface area contributed by atoms with E-state index in [9.17, 15) is 4.79 Å². The number of carbonyl (C=O) groups excluding carboxylic acids is 1. The van der Waals surface area contributed by atoms with Crippen LogP contribution in [0.1, 0.15) is 34.4 Å². The van der Waals surface area contributed by atoms with Crippen molar-refractivity contribution >= 4 is 28.5 Å². The van der Waals surface area contributed by atoms with Crippen molar-refractivity contribution in [1.82, 2.24) is 9.55 Å². The molecule has 0 atom stereocenters. The van der Waals surface area contributed by atoms with Crippen LogP contribution in [-0.4, -0.2) is 15.8 Å². The van der Waals surface area contributed by atoms with Crippen molar-refractivity contribution in [2.45, 2.75) is 26.3 Å². The highest BCUT2D eigenvalue weighted by molar-refractivity contribution is 7.09. The van der Waals surface area contributed by atoms with Crippen LogP contribution in [-0.2, 0) is 13.0 Å². The first-order valence-corrected chi connectivity index (χ1v) is 7.66. The first-order valence-electron chi connectivity index (χ1n) is 6.78. The van der Waals surface area contributed by atoms with Crippen LogP contribution >= 0.6 is 11.3 Å². The Morgan fingerprint density at radius 2 is 2.25 bits per heavy atom. The molecule has 20 heavy (non-hydrogen) atoms. The minimum absolute atomic E-state index is 0.742. The number of aryl methyl sites for hydroxylation is 1. The van der Waals surface area contributed by atoms with Crippen molar-refractivity contribution < 1.29 is 4.79 Å². The van der Waals surface area contributed by atoms with Gasteiger partial charge in [0.1, 0.15) is 0 Å². The lowest BCUT2D eigenvalue weighted by Crippen LogP contribution is -1.98. The molecule has 102 valence electrons. The van der Waals surface area contributed by atoms with E-state index >= 15 is 0 Å². The fourth-order valence-electron chi connectivity index (χ4n) is 2.41. The smallest absolute Gasteiger partial charge is 0.150 e. The molecule has 0 amide bonds. The summed E-state index contributed by atoms with van der Waals surface area (Å²) in [4.78, 5) is 15.7. The van der Waals surface area contributed by atoms with Crippen LogP contribution in [0.25, 0.3) is 10.9 Å². The van der Waals surface area contributed by atoms with Gasteiger partial charge in [-0.1, -0.05) is 19.1 Å². The maximum atomic E-state index is 11.0. The topological polar surface area (TPSA) is 34.9 Å². The van der Waals surface area contributed by atoms with Gasteiger partial charge in [0.05, 0.1) is 17.2 Å². The molecule has 0 bridgehead atoms. The molecule has 0 spiro atoms. The molecule has 0 saturated heterocycles. The van der Waals surface area contributed by atoms with Gasteiger partial charge in [-0.2, -0.15) is 0 Å². The zero-order chi connectivity index (χ0) is 13.9. The van der Waals surface area contributed by atoms with Crippen molar-refractivity contribution in [3.05, 3.63) is 52.1 Å². The summed E-state index contributed by atoms with van der Waals surface area (Å²) in [5.41, 5.74) is 2.92. The van der Waals surface area contributed by atoms with E-state index in [1.54, 1.807) is 11.3 Å². The molecule has 0 unspecified atom stereocenters. The Kier molecular flexibility index (Phi) is 3.65. The molecule has 3 aromatic rings. The average Bonchev–Trinajstić information content (AvgIpc) is 3.07. The van der Waals surface area contributed by atoms with Gasteiger partial charge in [0.15, 0.2) is 6.29 Å². The van der Waals surface area contributed by atoms with Crippen LogP contribution in [0.4, 0.5) is 0 Å². The monoisotopic (exact) mass is 284 g/mol. The Bertz CT molecular complexity index is 742. The largest absolute Gasteiger partial charge is 0.341 e. The Hall–Kier alpha value is -1.94. The lowest BCUT2D eigenvalue weighted by Gasteiger charge is -2.03. The molecule has 2 aromatic heterocycles. The number of fused-ring (bicyclic) bond motifs is 1. The summed E-state index contributed by atoms with van der Waals surface area (Å²) in [5.74, 6) is 0. The number of aromatic nitrogens is 2. The average molecular weight is 284 g/mol. The van der Waals surface area contributed by atoms with E-state index in [1.165, 1.54) is 5.01 Å². The van der Waals surface area contributed by atoms with Crippen LogP contribution in [0.2, 0.25) is 0 Å². The summed E-state index contributed by atoms with van der Waals surface area (Å²) < 4.78 is 2.15. The lowest BCUT2D eigenvalue weighted by atomic mass is 10.1. The molecule has 0 fully saturated rings. The van der Waals surface area contributed by atoms with Gasteiger partial charge >= 0.3 is 0 Å². The molecule has 1 aromatic carbocycles. The molecule has 4 heteroatoms. The molecule has 3 rings (SSSR count). The maximum Gasteiger partial charge on any atom is 0.150 e. The molecule has 0 aliphatic heterocycles. The van der Waals surface area contributed by atoms with Gasteiger partial charge in [-0.15, -0.1) is 11.3 Å². The predicted octanol–water partition coefficient (Wildman–Crippen LogP) is 3.91. The molecule has 0 aliphatic rings. The van der Waals surface area contributed by atoms with E-state index < -0.39 is 0 Å². The van der Waals surface area contributed by atoms with Crippen LogP contribution < -0.4 is 0 Å². The molecule has 0 radical (unpaired) electrons. The number of nitrogens with zero attached hydrogens (tertiary/aromatic N) is 2. The summed E-state index contributed by atoms with van der Waals surface area (Å²) >= 11 is 1.73. The summed E-state index contributed by atoms with van der Waals surface area (Å²) in [7, 11) is 0. The van der Waals surface area contributed by atoms with Gasteiger partial charge in [-0.3, -0.25) is 4.79 Å². The fraction of sp³-hybridized carbons (Fsp3) is 0.250. The van der Waals surface area contributed by atoms with Gasteiger partial charge in [0, 0.05) is 28.0 Å². The number of thiazole rings is 1. The highest BCUT2D eigenvalue weighted by Crippen LogP contribution is 2.21. The number of hydrogen-bond donors (Lipinski definition) is 0. The van der Waals surface area contributed by atoms with Gasteiger partial charge < -0.3 is 4.57 Å². The SMILES string of the molecule is CCCc1nc(Cn2ccc3c(C=O)cccc32)cs1. The number of benzene rings is 1. The summed E-state index contributed by atoms with van der Waals surface area (Å²) in [6.07, 6.45) is 5.11. The van der Waals surface area contributed by atoms with Crippen LogP contribution in [0.5, 0.6) is 0 Å². The number of rotatable bonds is 5. The van der Waals surface area contributed by atoms with Gasteiger partial charge in [0.25, 0.3) is 0 Å². The minimum atomic E-state index is 0.742. The van der Waals surface area contributed by atoms with Crippen LogP contribution in [0, 0.1) is 0 Å². The molecular formula is C16H16N2OS. The van der Waals surface area contributed by atoms with Crippen LogP contribution in [0.15, 0.2) is 35.8 Å². The third kappa shape index (κ3) is 2.39. The van der Waals surface area contributed by atoms with E-state index in [4.69, 9.17) is 0 Å². The molecule has 3 nitrogen and oxygen atoms in total. The van der Waals surface area contributed by atoms with Gasteiger partial charge in [-0.25, -0.2) is 4.98 Å². The molecular weight excluding hydrogens is 268 g/mol. The first-order chi connectivity index (χ1) is 9.81. The molecule has 2 heterocycles. The minimum Gasteiger partial charge on any atom is -0.341 e. The highest BCUT2D eigenvalue weighted by Gasteiger charge is 2.07. The van der Waals surface area contributed by atoms with E-state index in [2.05, 4.69) is 21.9 Å². The van der Waals surface area contributed by atoms with E-state index in [0.29, 0.717) is 0 Å². The zero-order valence-electron chi connectivity index (χ0n) is 11.4. The molecule has 0 N–H and O–H groups in total. The number of hydrogen-bond acceptors (Lipinski definition) is 3. The standard InChI is InChI=1S/C16H16N2OS/c1-2-4-16-17-13(11-20-16)9-18-8-7-14-12(10-19)5-3-6-15(14)18/h3,5-8,10-11H,2,4,9H2,1H3. The highest BCUT2D eigenvalue weighted by atomic mass is 32.1. The Labute approximate surface area is 121 Å².